The molecule has 10 heteroatoms. The molecular weight excluding hydrogens is 1020 g/mol. The summed E-state index contributed by atoms with van der Waals surface area (Å²) in [5, 5.41) is 6.66. The molecule has 4 heterocycles. The topological polar surface area (TPSA) is 105 Å². The Balaban J connectivity index is 0.785. The molecular formula is C73H46N6O4. The molecule has 15 rings (SSSR count). The monoisotopic (exact) mass is 1070 g/mol. The molecule has 0 radical (unpaired) electrons. The second-order valence-corrected chi connectivity index (χ2v) is 20.7. The van der Waals surface area contributed by atoms with E-state index in [9.17, 15) is 14.4 Å². The van der Waals surface area contributed by atoms with Crippen LogP contribution in [0.2, 0.25) is 0 Å². The third-order valence-electron chi connectivity index (χ3n) is 15.9. The van der Waals surface area contributed by atoms with Crippen LogP contribution in [0.15, 0.2) is 298 Å². The van der Waals surface area contributed by atoms with Crippen molar-refractivity contribution in [3.8, 4) is 83.8 Å². The molecule has 0 bridgehead atoms. The SMILES string of the molecule is O=c1nc2ccc(-c3cccc(-c4ccc5c6ccc(-c7ccc(-n8c(=O)n(-c9ccccc9)c9c(-c%10ccccc%10)c(-c%10ccccc%10)cn9c8=O)cc7)cc6c6ccccc6c5c4)c3)cn2c(=O)n1-c1cccc(-c2ccccc2)c1. The van der Waals surface area contributed by atoms with E-state index >= 15 is 4.79 Å². The fourth-order valence-electron chi connectivity index (χ4n) is 11.9. The van der Waals surface area contributed by atoms with E-state index < -0.39 is 22.8 Å². The van der Waals surface area contributed by atoms with Gasteiger partial charge in [0.25, 0.3) is 0 Å². The summed E-state index contributed by atoms with van der Waals surface area (Å²) in [6, 6.07) is 87.7. The van der Waals surface area contributed by atoms with Gasteiger partial charge in [0.15, 0.2) is 0 Å². The van der Waals surface area contributed by atoms with E-state index in [1.807, 2.05) is 188 Å². The van der Waals surface area contributed by atoms with Crippen molar-refractivity contribution in [1.29, 1.82) is 0 Å². The van der Waals surface area contributed by atoms with Crippen molar-refractivity contribution in [2.75, 3.05) is 0 Å². The van der Waals surface area contributed by atoms with Crippen molar-refractivity contribution in [3.63, 3.8) is 0 Å². The fraction of sp³-hybridized carbons (Fsp3) is 0. The van der Waals surface area contributed by atoms with Crippen LogP contribution in [0.5, 0.6) is 0 Å². The van der Waals surface area contributed by atoms with Crippen LogP contribution in [-0.4, -0.2) is 27.5 Å². The molecule has 0 aliphatic heterocycles. The normalized spacial score (nSPS) is 11.6. The quantitative estimate of drug-likeness (QED) is 0.134. The highest BCUT2D eigenvalue weighted by Gasteiger charge is 2.24. The molecule has 392 valence electrons. The van der Waals surface area contributed by atoms with Crippen LogP contribution in [0.25, 0.3) is 127 Å². The van der Waals surface area contributed by atoms with Crippen LogP contribution >= 0.6 is 0 Å². The predicted molar refractivity (Wildman–Crippen MR) is 334 cm³/mol. The molecule has 0 saturated heterocycles. The summed E-state index contributed by atoms with van der Waals surface area (Å²) in [6.45, 7) is 0. The maximum absolute atomic E-state index is 15.1. The summed E-state index contributed by atoms with van der Waals surface area (Å²) in [5.74, 6) is 0. The Morgan fingerprint density at radius 2 is 0.711 bits per heavy atom. The Morgan fingerprint density at radius 1 is 0.265 bits per heavy atom. The van der Waals surface area contributed by atoms with Crippen molar-refractivity contribution in [1.82, 2.24) is 27.5 Å². The van der Waals surface area contributed by atoms with Crippen LogP contribution in [0.1, 0.15) is 0 Å². The van der Waals surface area contributed by atoms with Gasteiger partial charge in [-0.1, -0.05) is 200 Å². The lowest BCUT2D eigenvalue weighted by atomic mass is 9.90. The molecule has 0 fully saturated rings. The van der Waals surface area contributed by atoms with Gasteiger partial charge in [0.1, 0.15) is 11.3 Å². The minimum atomic E-state index is -0.644. The number of hydrogen-bond acceptors (Lipinski definition) is 5. The average Bonchev–Trinajstić information content (AvgIpc) is 4.17. The third kappa shape index (κ3) is 8.23. The first-order valence-corrected chi connectivity index (χ1v) is 27.3. The Kier molecular flexibility index (Phi) is 11.5. The lowest BCUT2D eigenvalue weighted by molar-refractivity contribution is 0.751. The van der Waals surface area contributed by atoms with Gasteiger partial charge >= 0.3 is 22.8 Å². The standard InChI is InChI=1S/C73H46N6O4/c80-70-74-67-40-35-56(45-75(67)71(81)78(70)59-28-16-25-53(42-59)47-17-5-1-6-18-47)52-24-15-23-51(41-52)55-34-39-63-62-38-33-54(43-64(62)60-29-13-14-30-61(60)65(63)44-55)48-31-36-58(37-32-48)79-72(82)76-46-66(49-19-7-2-8-20-49)68(50-21-9-3-10-22-50)69(76)77(73(79)83)57-26-11-4-12-27-57/h1-46H. The second-order valence-electron chi connectivity index (χ2n) is 20.7. The molecule has 0 amide bonds. The van der Waals surface area contributed by atoms with Crippen LogP contribution in [0.3, 0.4) is 0 Å². The molecule has 0 spiro atoms. The molecule has 10 nitrogen and oxygen atoms in total. The Morgan fingerprint density at radius 3 is 1.36 bits per heavy atom. The van der Waals surface area contributed by atoms with Crippen molar-refractivity contribution in [2.24, 2.45) is 0 Å². The van der Waals surface area contributed by atoms with E-state index in [1.165, 1.54) is 8.97 Å². The van der Waals surface area contributed by atoms with E-state index in [2.05, 4.69) is 77.8 Å². The molecule has 0 atom stereocenters. The molecule has 83 heavy (non-hydrogen) atoms. The van der Waals surface area contributed by atoms with Gasteiger partial charge in [-0.05, 0) is 155 Å². The molecule has 0 aliphatic carbocycles. The van der Waals surface area contributed by atoms with Gasteiger partial charge in [0.2, 0.25) is 0 Å². The highest BCUT2D eigenvalue weighted by molar-refractivity contribution is 6.26. The second kappa shape index (κ2) is 19.7. The van der Waals surface area contributed by atoms with Crippen molar-refractivity contribution in [2.45, 2.75) is 0 Å². The average molecular weight is 1070 g/mol. The number of benzene rings is 11. The Bertz CT molecular complexity index is 5320. The predicted octanol–water partition coefficient (Wildman–Crippen LogP) is 14.9. The maximum Gasteiger partial charge on any atom is 0.358 e. The number of aromatic nitrogens is 6. The zero-order valence-electron chi connectivity index (χ0n) is 44.4. The summed E-state index contributed by atoms with van der Waals surface area (Å²) in [5.41, 5.74) is 11.1. The fourth-order valence-corrected chi connectivity index (χ4v) is 11.9. The van der Waals surface area contributed by atoms with Gasteiger partial charge in [0, 0.05) is 23.5 Å². The van der Waals surface area contributed by atoms with Gasteiger partial charge in [0.05, 0.1) is 17.1 Å². The molecule has 0 aliphatic rings. The van der Waals surface area contributed by atoms with Crippen LogP contribution < -0.4 is 22.8 Å². The van der Waals surface area contributed by atoms with Crippen molar-refractivity contribution >= 4 is 43.6 Å². The molecule has 15 aromatic rings. The van der Waals surface area contributed by atoms with Gasteiger partial charge in [-0.15, -0.1) is 0 Å². The Labute approximate surface area is 473 Å². The zero-order valence-corrected chi connectivity index (χ0v) is 44.4. The van der Waals surface area contributed by atoms with Gasteiger partial charge in [-0.25, -0.2) is 32.9 Å². The number of nitrogens with zero attached hydrogens (tertiary/aromatic N) is 6. The number of pyridine rings is 1. The minimum absolute atomic E-state index is 0.265. The smallest absolute Gasteiger partial charge is 0.252 e. The van der Waals surface area contributed by atoms with E-state index in [-0.39, 0.29) is 5.65 Å². The molecule has 11 aromatic carbocycles. The minimum Gasteiger partial charge on any atom is -0.252 e. The van der Waals surface area contributed by atoms with Crippen molar-refractivity contribution < 1.29 is 0 Å². The first kappa shape index (κ1) is 48.6. The van der Waals surface area contributed by atoms with Gasteiger partial charge in [-0.3, -0.25) is 8.80 Å². The van der Waals surface area contributed by atoms with E-state index in [4.69, 9.17) is 0 Å². The summed E-state index contributed by atoms with van der Waals surface area (Å²) < 4.78 is 7.06. The van der Waals surface area contributed by atoms with Gasteiger partial charge in [-0.2, -0.15) is 4.98 Å². The van der Waals surface area contributed by atoms with Crippen LogP contribution in [-0.2, 0) is 0 Å². The highest BCUT2D eigenvalue weighted by atomic mass is 16.2. The zero-order chi connectivity index (χ0) is 55.7. The summed E-state index contributed by atoms with van der Waals surface area (Å²) >= 11 is 0. The molecule has 0 unspecified atom stereocenters. The van der Waals surface area contributed by atoms with E-state index in [0.717, 1.165) is 104 Å². The maximum atomic E-state index is 15.1. The first-order chi connectivity index (χ1) is 40.8. The molecule has 4 aromatic heterocycles. The third-order valence-corrected chi connectivity index (χ3v) is 15.9. The highest BCUT2D eigenvalue weighted by Crippen LogP contribution is 2.41. The van der Waals surface area contributed by atoms with E-state index in [1.54, 1.807) is 27.3 Å². The number of fused-ring (bicyclic) bond motifs is 8. The van der Waals surface area contributed by atoms with Crippen LogP contribution in [0.4, 0.5) is 0 Å². The summed E-state index contributed by atoms with van der Waals surface area (Å²) in [7, 11) is 0. The first-order valence-electron chi connectivity index (χ1n) is 27.3. The van der Waals surface area contributed by atoms with E-state index in [0.29, 0.717) is 22.7 Å². The molecule has 0 N–H and O–H groups in total. The summed E-state index contributed by atoms with van der Waals surface area (Å²) in [4.78, 5) is 61.9. The number of rotatable bonds is 9. The molecule has 0 saturated carbocycles. The lowest BCUT2D eigenvalue weighted by Gasteiger charge is -2.16. The number of hydrogen-bond donors (Lipinski definition) is 0. The lowest BCUT2D eigenvalue weighted by Crippen LogP contribution is -2.41. The largest absolute Gasteiger partial charge is 0.358 e. The Hall–Kier alpha value is -11.5. The van der Waals surface area contributed by atoms with Crippen LogP contribution in [0, 0.1) is 0 Å². The van der Waals surface area contributed by atoms with Crippen molar-refractivity contribution in [3.05, 3.63) is 321 Å². The number of para-hydroxylation sites is 1. The summed E-state index contributed by atoms with van der Waals surface area (Å²) in [6.07, 6.45) is 3.60. The van der Waals surface area contributed by atoms with Gasteiger partial charge < -0.3 is 0 Å².